The molecule has 0 spiro atoms. The van der Waals surface area contributed by atoms with Crippen LogP contribution in [0, 0.1) is 11.6 Å². The normalized spacial score (nSPS) is 23.6. The maximum Gasteiger partial charge on any atom is 0.246 e. The fraction of sp³-hybridized carbons (Fsp3) is 0.500. The van der Waals surface area contributed by atoms with Gasteiger partial charge in [-0.05, 0) is 12.1 Å². The summed E-state index contributed by atoms with van der Waals surface area (Å²) in [6.45, 7) is 0.0438. The van der Waals surface area contributed by atoms with E-state index in [2.05, 4.69) is 0 Å². The lowest BCUT2D eigenvalue weighted by atomic mass is 10.3. The molecular weight excluding hydrogens is 306 g/mol. The number of rotatable bonds is 4. The summed E-state index contributed by atoms with van der Waals surface area (Å²) in [7, 11) is -1.28. The van der Waals surface area contributed by atoms with Crippen molar-refractivity contribution < 1.29 is 26.7 Å². The molecule has 2 N–H and O–H groups in total. The summed E-state index contributed by atoms with van der Waals surface area (Å²) < 4.78 is 63.3. The van der Waals surface area contributed by atoms with Crippen molar-refractivity contribution in [3.8, 4) is 0 Å². The molecule has 6 nitrogen and oxygen atoms in total. The lowest BCUT2D eigenvalue weighted by Crippen LogP contribution is -2.31. The molecule has 118 valence electrons. The topological polar surface area (TPSA) is 81.9 Å². The third kappa shape index (κ3) is 2.73. The monoisotopic (exact) mass is 322 g/mol. The number of anilines is 1. The number of nitrogen functional groups attached to an aromatic ring is 1. The maximum atomic E-state index is 13.9. The lowest BCUT2D eigenvalue weighted by molar-refractivity contribution is -0.00461. The first-order valence-corrected chi connectivity index (χ1v) is 7.56. The highest BCUT2D eigenvalue weighted by atomic mass is 32.2. The SMILES string of the molecule is COC1CN(S(=O)(=O)c2ccc(F)c(N)c2F)CC1OC. The van der Waals surface area contributed by atoms with Crippen LogP contribution >= 0.6 is 0 Å². The van der Waals surface area contributed by atoms with Gasteiger partial charge in [-0.3, -0.25) is 0 Å². The van der Waals surface area contributed by atoms with Gasteiger partial charge in [-0.2, -0.15) is 4.31 Å². The molecule has 1 aliphatic heterocycles. The molecule has 0 saturated carbocycles. The van der Waals surface area contributed by atoms with Gasteiger partial charge in [0.1, 0.15) is 16.4 Å². The summed E-state index contributed by atoms with van der Waals surface area (Å²) in [5.41, 5.74) is 4.38. The van der Waals surface area contributed by atoms with Crippen LogP contribution in [-0.4, -0.2) is 52.2 Å². The molecule has 1 aromatic rings. The molecular formula is C12H16F2N2O4S. The van der Waals surface area contributed by atoms with E-state index in [1.165, 1.54) is 14.2 Å². The van der Waals surface area contributed by atoms with Crippen LogP contribution in [0.15, 0.2) is 17.0 Å². The summed E-state index contributed by atoms with van der Waals surface area (Å²) in [4.78, 5) is -0.659. The van der Waals surface area contributed by atoms with Gasteiger partial charge in [0.25, 0.3) is 0 Å². The van der Waals surface area contributed by atoms with Crippen molar-refractivity contribution in [3.63, 3.8) is 0 Å². The Hall–Kier alpha value is -1.29. The van der Waals surface area contributed by atoms with Crippen LogP contribution in [0.1, 0.15) is 0 Å². The Kier molecular flexibility index (Phi) is 4.47. The first-order valence-electron chi connectivity index (χ1n) is 6.12. The average Bonchev–Trinajstić information content (AvgIpc) is 2.88. The second-order valence-electron chi connectivity index (χ2n) is 4.64. The van der Waals surface area contributed by atoms with E-state index in [1.54, 1.807) is 0 Å². The van der Waals surface area contributed by atoms with Crippen LogP contribution in [-0.2, 0) is 19.5 Å². The zero-order chi connectivity index (χ0) is 15.8. The first-order chi connectivity index (χ1) is 9.82. The summed E-state index contributed by atoms with van der Waals surface area (Å²) >= 11 is 0. The van der Waals surface area contributed by atoms with Crippen molar-refractivity contribution in [2.24, 2.45) is 0 Å². The number of ether oxygens (including phenoxy) is 2. The zero-order valence-corrected chi connectivity index (χ0v) is 12.4. The Balaban J connectivity index is 2.38. The average molecular weight is 322 g/mol. The third-order valence-electron chi connectivity index (χ3n) is 3.50. The van der Waals surface area contributed by atoms with E-state index in [0.29, 0.717) is 0 Å². The summed E-state index contributed by atoms with van der Waals surface area (Å²) in [5.74, 6) is -2.29. The van der Waals surface area contributed by atoms with Gasteiger partial charge in [0.05, 0.1) is 12.2 Å². The molecule has 21 heavy (non-hydrogen) atoms. The van der Waals surface area contributed by atoms with Gasteiger partial charge < -0.3 is 15.2 Å². The number of hydrogen-bond acceptors (Lipinski definition) is 5. The molecule has 0 aliphatic carbocycles. The van der Waals surface area contributed by atoms with E-state index in [1.807, 2.05) is 0 Å². The predicted octanol–water partition coefficient (Wildman–Crippen LogP) is 0.581. The van der Waals surface area contributed by atoms with Crippen LogP contribution in [0.3, 0.4) is 0 Å². The highest BCUT2D eigenvalue weighted by molar-refractivity contribution is 7.89. The van der Waals surface area contributed by atoms with Gasteiger partial charge in [0, 0.05) is 27.3 Å². The van der Waals surface area contributed by atoms with Crippen molar-refractivity contribution in [2.75, 3.05) is 33.0 Å². The summed E-state index contributed by atoms with van der Waals surface area (Å²) in [6, 6.07) is 1.68. The predicted molar refractivity (Wildman–Crippen MR) is 71.1 cm³/mol. The standard InChI is InChI=1S/C12H16F2N2O4S/c1-19-8-5-16(6-9(8)20-2)21(17,18)10-4-3-7(13)12(15)11(10)14/h3-4,8-9H,5-6,15H2,1-2H3. The Morgan fingerprint density at radius 3 is 2.19 bits per heavy atom. The summed E-state index contributed by atoms with van der Waals surface area (Å²) in [5, 5.41) is 0. The molecule has 0 aromatic heterocycles. The molecule has 0 bridgehead atoms. The highest BCUT2D eigenvalue weighted by Crippen LogP contribution is 2.28. The largest absolute Gasteiger partial charge is 0.394 e. The minimum absolute atomic E-state index is 0.0219. The zero-order valence-electron chi connectivity index (χ0n) is 11.5. The minimum Gasteiger partial charge on any atom is -0.394 e. The fourth-order valence-electron chi connectivity index (χ4n) is 2.25. The van der Waals surface area contributed by atoms with Gasteiger partial charge in [-0.25, -0.2) is 17.2 Å². The minimum atomic E-state index is -4.14. The van der Waals surface area contributed by atoms with Crippen LogP contribution < -0.4 is 5.73 Å². The Bertz CT molecular complexity index is 626. The highest BCUT2D eigenvalue weighted by Gasteiger charge is 2.41. The van der Waals surface area contributed by atoms with E-state index in [9.17, 15) is 17.2 Å². The van der Waals surface area contributed by atoms with Crippen LogP contribution in [0.5, 0.6) is 0 Å². The van der Waals surface area contributed by atoms with Gasteiger partial charge in [-0.1, -0.05) is 0 Å². The number of methoxy groups -OCH3 is 2. The van der Waals surface area contributed by atoms with Gasteiger partial charge >= 0.3 is 0 Å². The van der Waals surface area contributed by atoms with E-state index in [0.717, 1.165) is 16.4 Å². The molecule has 0 amide bonds. The molecule has 9 heteroatoms. The number of hydrogen-bond donors (Lipinski definition) is 1. The first kappa shape index (κ1) is 16.1. The fourth-order valence-corrected chi connectivity index (χ4v) is 3.79. The second kappa shape index (κ2) is 5.84. The third-order valence-corrected chi connectivity index (χ3v) is 5.35. The number of nitrogens with zero attached hydrogens (tertiary/aromatic N) is 1. The quantitative estimate of drug-likeness (QED) is 0.820. The Morgan fingerprint density at radius 2 is 1.71 bits per heavy atom. The van der Waals surface area contributed by atoms with E-state index in [4.69, 9.17) is 15.2 Å². The maximum absolute atomic E-state index is 13.9. The Labute approximate surface area is 121 Å². The molecule has 1 saturated heterocycles. The van der Waals surface area contributed by atoms with Crippen LogP contribution in [0.25, 0.3) is 0 Å². The van der Waals surface area contributed by atoms with Crippen molar-refractivity contribution in [1.82, 2.24) is 4.31 Å². The smallest absolute Gasteiger partial charge is 0.246 e. The van der Waals surface area contributed by atoms with E-state index >= 15 is 0 Å². The number of sulfonamides is 1. The molecule has 2 unspecified atom stereocenters. The van der Waals surface area contributed by atoms with E-state index in [-0.39, 0.29) is 13.1 Å². The molecule has 2 atom stereocenters. The lowest BCUT2D eigenvalue weighted by Gasteiger charge is -2.17. The second-order valence-corrected chi connectivity index (χ2v) is 6.55. The molecule has 1 aliphatic rings. The molecule has 0 radical (unpaired) electrons. The molecule has 1 aromatic carbocycles. The van der Waals surface area contributed by atoms with Crippen molar-refractivity contribution in [3.05, 3.63) is 23.8 Å². The van der Waals surface area contributed by atoms with Gasteiger partial charge in [0.15, 0.2) is 5.82 Å². The van der Waals surface area contributed by atoms with Crippen molar-refractivity contribution >= 4 is 15.7 Å². The van der Waals surface area contributed by atoms with Gasteiger partial charge in [0.2, 0.25) is 10.0 Å². The Morgan fingerprint density at radius 1 is 1.19 bits per heavy atom. The van der Waals surface area contributed by atoms with Crippen LogP contribution in [0.4, 0.5) is 14.5 Å². The number of benzene rings is 1. The number of nitrogens with two attached hydrogens (primary N) is 1. The van der Waals surface area contributed by atoms with E-state index < -0.39 is 44.4 Å². The van der Waals surface area contributed by atoms with Crippen LogP contribution in [0.2, 0.25) is 0 Å². The molecule has 1 heterocycles. The molecule has 2 rings (SSSR count). The van der Waals surface area contributed by atoms with Crippen molar-refractivity contribution in [1.29, 1.82) is 0 Å². The van der Waals surface area contributed by atoms with Gasteiger partial charge in [-0.15, -0.1) is 0 Å². The summed E-state index contributed by atoms with van der Waals surface area (Å²) in [6.07, 6.45) is -0.906. The van der Waals surface area contributed by atoms with Crippen molar-refractivity contribution in [2.45, 2.75) is 17.1 Å². The number of halogens is 2. The molecule has 1 fully saturated rings.